The van der Waals surface area contributed by atoms with Gasteiger partial charge in [0, 0.05) is 12.2 Å². The lowest BCUT2D eigenvalue weighted by Gasteiger charge is -2.24. The third kappa shape index (κ3) is 3.75. The number of primary amides is 1. The van der Waals surface area contributed by atoms with E-state index >= 15 is 0 Å². The van der Waals surface area contributed by atoms with E-state index in [9.17, 15) is 4.79 Å². The zero-order valence-electron chi connectivity index (χ0n) is 10.7. The molecule has 0 radical (unpaired) electrons. The zero-order chi connectivity index (χ0) is 13.1. The van der Waals surface area contributed by atoms with Gasteiger partial charge in [-0.15, -0.1) is 0 Å². The summed E-state index contributed by atoms with van der Waals surface area (Å²) in [6.45, 7) is 6.77. The monoisotopic (exact) mass is 235 g/mol. The van der Waals surface area contributed by atoms with Crippen molar-refractivity contribution in [1.29, 1.82) is 0 Å². The quantitative estimate of drug-likeness (QED) is 0.733. The highest BCUT2D eigenvalue weighted by atomic mass is 16.1. The van der Waals surface area contributed by atoms with Crippen LogP contribution in [0.3, 0.4) is 0 Å². The normalized spacial score (nSPS) is 13.2. The third-order valence-electron chi connectivity index (χ3n) is 2.61. The molecule has 4 heteroatoms. The average molecular weight is 235 g/mol. The summed E-state index contributed by atoms with van der Waals surface area (Å²) in [5.41, 5.74) is 12.9. The van der Waals surface area contributed by atoms with E-state index in [1.54, 1.807) is 0 Å². The van der Waals surface area contributed by atoms with Gasteiger partial charge >= 0.3 is 0 Å². The number of benzene rings is 1. The Morgan fingerprint density at radius 2 is 1.94 bits per heavy atom. The second-order valence-electron chi connectivity index (χ2n) is 5.19. The Morgan fingerprint density at radius 1 is 1.35 bits per heavy atom. The fraction of sp³-hybridized carbons (Fsp3) is 0.462. The predicted octanol–water partition coefficient (Wildman–Crippen LogP) is 1.21. The van der Waals surface area contributed by atoms with E-state index in [2.05, 4.69) is 32.2 Å². The number of anilines is 1. The van der Waals surface area contributed by atoms with Crippen molar-refractivity contribution in [3.63, 3.8) is 0 Å². The van der Waals surface area contributed by atoms with Crippen molar-refractivity contribution in [3.05, 3.63) is 29.8 Å². The lowest BCUT2D eigenvalue weighted by molar-refractivity contribution is -0.118. The molecule has 1 amide bonds. The third-order valence-corrected chi connectivity index (χ3v) is 2.61. The van der Waals surface area contributed by atoms with E-state index in [0.717, 1.165) is 5.69 Å². The minimum absolute atomic E-state index is 0.0421. The lowest BCUT2D eigenvalue weighted by atomic mass is 9.86. The molecule has 0 saturated heterocycles. The summed E-state index contributed by atoms with van der Waals surface area (Å²) in [6.07, 6.45) is 0. The molecule has 94 valence electrons. The molecule has 4 nitrogen and oxygen atoms in total. The maximum Gasteiger partial charge on any atom is 0.236 e. The highest BCUT2D eigenvalue weighted by Crippen LogP contribution is 2.28. The summed E-state index contributed by atoms with van der Waals surface area (Å²) in [7, 11) is 0. The van der Waals surface area contributed by atoms with Gasteiger partial charge in [-0.3, -0.25) is 4.79 Å². The number of nitrogens with one attached hydrogen (secondary N) is 1. The van der Waals surface area contributed by atoms with Crippen molar-refractivity contribution in [3.8, 4) is 0 Å². The van der Waals surface area contributed by atoms with Crippen LogP contribution in [-0.4, -0.2) is 18.5 Å². The lowest BCUT2D eigenvalue weighted by Crippen LogP contribution is -2.42. The van der Waals surface area contributed by atoms with Gasteiger partial charge in [-0.2, -0.15) is 0 Å². The smallest absolute Gasteiger partial charge is 0.236 e. The molecule has 0 aromatic heterocycles. The van der Waals surface area contributed by atoms with Crippen LogP contribution in [0.2, 0.25) is 0 Å². The van der Waals surface area contributed by atoms with Gasteiger partial charge in [-0.1, -0.05) is 39.0 Å². The van der Waals surface area contributed by atoms with Crippen LogP contribution in [0.5, 0.6) is 0 Å². The molecule has 1 aromatic carbocycles. The van der Waals surface area contributed by atoms with Gasteiger partial charge in [-0.05, 0) is 17.0 Å². The molecule has 5 N–H and O–H groups in total. The summed E-state index contributed by atoms with van der Waals surface area (Å²) >= 11 is 0. The van der Waals surface area contributed by atoms with Crippen LogP contribution in [0.15, 0.2) is 24.3 Å². The first-order valence-corrected chi connectivity index (χ1v) is 5.70. The predicted molar refractivity (Wildman–Crippen MR) is 70.8 cm³/mol. The van der Waals surface area contributed by atoms with Gasteiger partial charge < -0.3 is 16.8 Å². The van der Waals surface area contributed by atoms with Gasteiger partial charge in [0.15, 0.2) is 0 Å². The van der Waals surface area contributed by atoms with Crippen molar-refractivity contribution in [2.45, 2.75) is 32.2 Å². The molecule has 1 atom stereocenters. The van der Waals surface area contributed by atoms with Gasteiger partial charge in [0.1, 0.15) is 6.04 Å². The van der Waals surface area contributed by atoms with E-state index in [1.807, 2.05) is 18.2 Å². The Bertz CT molecular complexity index is 396. The summed E-state index contributed by atoms with van der Waals surface area (Å²) in [5.74, 6) is -0.495. The van der Waals surface area contributed by atoms with Crippen molar-refractivity contribution in [2.75, 3.05) is 11.9 Å². The number of carbonyl (C=O) groups is 1. The number of nitrogens with two attached hydrogens (primary N) is 2. The molecule has 0 aliphatic carbocycles. The number of hydrogen-bond donors (Lipinski definition) is 3. The van der Waals surface area contributed by atoms with Crippen LogP contribution in [0.25, 0.3) is 0 Å². The van der Waals surface area contributed by atoms with Crippen molar-refractivity contribution >= 4 is 11.6 Å². The fourth-order valence-electron chi connectivity index (χ4n) is 1.61. The Hall–Kier alpha value is -1.55. The van der Waals surface area contributed by atoms with Crippen LogP contribution in [0.1, 0.15) is 26.3 Å². The van der Waals surface area contributed by atoms with Gasteiger partial charge in [0.05, 0.1) is 0 Å². The number of hydrogen-bond acceptors (Lipinski definition) is 3. The van der Waals surface area contributed by atoms with Crippen LogP contribution < -0.4 is 16.8 Å². The van der Waals surface area contributed by atoms with E-state index in [-0.39, 0.29) is 5.41 Å². The highest BCUT2D eigenvalue weighted by Gasteiger charge is 2.18. The molecule has 17 heavy (non-hydrogen) atoms. The molecule has 1 rings (SSSR count). The first-order chi connectivity index (χ1) is 7.82. The summed E-state index contributed by atoms with van der Waals surface area (Å²) in [4.78, 5) is 10.9. The average Bonchev–Trinajstić information content (AvgIpc) is 2.24. The molecule has 0 spiro atoms. The standard InChI is InChI=1S/C13H21N3O/c1-13(2,3)9-6-4-5-7-11(9)16-8-10(14)12(15)17/h4-7,10,16H,8,14H2,1-3H3,(H2,15,17). The van der Waals surface area contributed by atoms with Crippen LogP contribution >= 0.6 is 0 Å². The van der Waals surface area contributed by atoms with Crippen LogP contribution in [-0.2, 0) is 10.2 Å². The summed E-state index contributed by atoms with van der Waals surface area (Å²) < 4.78 is 0. The second kappa shape index (κ2) is 5.19. The van der Waals surface area contributed by atoms with Gasteiger partial charge in [-0.25, -0.2) is 0 Å². The molecule has 1 unspecified atom stereocenters. The minimum Gasteiger partial charge on any atom is -0.383 e. The fourth-order valence-corrected chi connectivity index (χ4v) is 1.61. The molecule has 0 aliphatic heterocycles. The van der Waals surface area contributed by atoms with E-state index in [0.29, 0.717) is 6.54 Å². The van der Waals surface area contributed by atoms with Crippen LogP contribution in [0, 0.1) is 0 Å². The van der Waals surface area contributed by atoms with Gasteiger partial charge in [0.25, 0.3) is 0 Å². The minimum atomic E-state index is -0.664. The van der Waals surface area contributed by atoms with Gasteiger partial charge in [0.2, 0.25) is 5.91 Å². The van der Waals surface area contributed by atoms with E-state index in [1.165, 1.54) is 5.56 Å². The van der Waals surface area contributed by atoms with E-state index in [4.69, 9.17) is 11.5 Å². The first-order valence-electron chi connectivity index (χ1n) is 5.70. The number of carbonyl (C=O) groups excluding carboxylic acids is 1. The van der Waals surface area contributed by atoms with Crippen molar-refractivity contribution in [1.82, 2.24) is 0 Å². The Balaban J connectivity index is 2.81. The topological polar surface area (TPSA) is 81.1 Å². The number of para-hydroxylation sites is 1. The molecule has 0 aliphatic rings. The number of amides is 1. The van der Waals surface area contributed by atoms with E-state index < -0.39 is 11.9 Å². The van der Waals surface area contributed by atoms with Crippen molar-refractivity contribution in [2.24, 2.45) is 11.5 Å². The maximum atomic E-state index is 10.9. The maximum absolute atomic E-state index is 10.9. The summed E-state index contributed by atoms with van der Waals surface area (Å²) in [6, 6.07) is 7.34. The zero-order valence-corrected chi connectivity index (χ0v) is 10.7. The molecule has 0 heterocycles. The molecule has 1 aromatic rings. The highest BCUT2D eigenvalue weighted by molar-refractivity contribution is 5.80. The Labute approximate surface area is 102 Å². The molecular formula is C13H21N3O. The first kappa shape index (κ1) is 13.5. The molecule has 0 bridgehead atoms. The molecular weight excluding hydrogens is 214 g/mol. The van der Waals surface area contributed by atoms with Crippen LogP contribution in [0.4, 0.5) is 5.69 Å². The largest absolute Gasteiger partial charge is 0.383 e. The Kier molecular flexibility index (Phi) is 4.12. The SMILES string of the molecule is CC(C)(C)c1ccccc1NCC(N)C(N)=O. The molecule has 0 fully saturated rings. The number of rotatable bonds is 4. The van der Waals surface area contributed by atoms with Crippen molar-refractivity contribution < 1.29 is 4.79 Å². The second-order valence-corrected chi connectivity index (χ2v) is 5.19. The summed E-state index contributed by atoms with van der Waals surface area (Å²) in [5, 5.41) is 3.18. The molecule has 0 saturated carbocycles. The Morgan fingerprint density at radius 3 is 2.47 bits per heavy atom.